The van der Waals surface area contributed by atoms with Gasteiger partial charge < -0.3 is 0 Å². The average molecular weight is 338 g/mol. The number of allylic oxidation sites excluding steroid dienone is 9. The Hall–Kier alpha value is -3.26. The maximum atomic E-state index is 4.68. The van der Waals surface area contributed by atoms with Gasteiger partial charge in [0, 0.05) is 18.0 Å². The van der Waals surface area contributed by atoms with Crippen molar-refractivity contribution in [2.24, 2.45) is 0 Å². The molecular formula is C24H22N2. The standard InChI is InChI=1S/C24H22N2/c1-5-7-8-9-10-13-19(4)24(18(3)6-2)21-15-12-11-14-20(21)22-23(24)26-17-16-25-22/h5-17H,2-4H2,1H3/b7-5-,9-8-,13-10-. The molecule has 1 heterocycles. The Bertz CT molecular complexity index is 912. The maximum Gasteiger partial charge on any atom is 0.0937 e. The topological polar surface area (TPSA) is 25.8 Å². The molecule has 1 aliphatic rings. The van der Waals surface area contributed by atoms with Crippen LogP contribution in [0.1, 0.15) is 18.2 Å². The van der Waals surface area contributed by atoms with Crippen LogP contribution in [0.15, 0.2) is 110 Å². The number of nitrogens with zero attached hydrogens (tertiary/aromatic N) is 2. The highest BCUT2D eigenvalue weighted by molar-refractivity contribution is 5.83. The fourth-order valence-corrected chi connectivity index (χ4v) is 3.50. The zero-order valence-corrected chi connectivity index (χ0v) is 15.0. The van der Waals surface area contributed by atoms with Crippen molar-refractivity contribution in [1.82, 2.24) is 9.97 Å². The van der Waals surface area contributed by atoms with Gasteiger partial charge in [-0.05, 0) is 23.6 Å². The van der Waals surface area contributed by atoms with E-state index in [1.165, 1.54) is 0 Å². The molecule has 1 aliphatic carbocycles. The Morgan fingerprint density at radius 1 is 0.962 bits per heavy atom. The first-order chi connectivity index (χ1) is 12.7. The largest absolute Gasteiger partial charge is 0.256 e. The third-order valence-electron chi connectivity index (χ3n) is 4.67. The summed E-state index contributed by atoms with van der Waals surface area (Å²) in [4.78, 5) is 9.27. The van der Waals surface area contributed by atoms with Crippen LogP contribution in [-0.2, 0) is 5.41 Å². The van der Waals surface area contributed by atoms with Crippen molar-refractivity contribution in [1.29, 1.82) is 0 Å². The van der Waals surface area contributed by atoms with Gasteiger partial charge >= 0.3 is 0 Å². The minimum absolute atomic E-state index is 0.646. The Morgan fingerprint density at radius 3 is 2.46 bits per heavy atom. The molecule has 0 aliphatic heterocycles. The van der Waals surface area contributed by atoms with Crippen molar-refractivity contribution >= 4 is 0 Å². The highest BCUT2D eigenvalue weighted by atomic mass is 14.8. The minimum atomic E-state index is -0.646. The van der Waals surface area contributed by atoms with Gasteiger partial charge in [0.25, 0.3) is 0 Å². The summed E-state index contributed by atoms with van der Waals surface area (Å²) in [5, 5.41) is 0. The number of benzene rings is 1. The van der Waals surface area contributed by atoms with Crippen LogP contribution in [0.2, 0.25) is 0 Å². The van der Waals surface area contributed by atoms with E-state index < -0.39 is 5.41 Å². The summed E-state index contributed by atoms with van der Waals surface area (Å²) in [6.45, 7) is 14.6. The van der Waals surface area contributed by atoms with Crippen LogP contribution in [0.25, 0.3) is 11.3 Å². The molecule has 128 valence electrons. The van der Waals surface area contributed by atoms with Gasteiger partial charge in [0.1, 0.15) is 0 Å². The highest BCUT2D eigenvalue weighted by Gasteiger charge is 2.47. The third kappa shape index (κ3) is 2.60. The number of fused-ring (bicyclic) bond motifs is 3. The molecule has 0 spiro atoms. The van der Waals surface area contributed by atoms with Gasteiger partial charge in [-0.1, -0.05) is 86.5 Å². The first-order valence-corrected chi connectivity index (χ1v) is 8.56. The molecule has 2 heteroatoms. The van der Waals surface area contributed by atoms with Gasteiger partial charge in [0.15, 0.2) is 0 Å². The zero-order valence-electron chi connectivity index (χ0n) is 15.0. The summed E-state index contributed by atoms with van der Waals surface area (Å²) in [5.41, 5.74) is 4.99. The lowest BCUT2D eigenvalue weighted by Crippen LogP contribution is -2.29. The molecule has 3 rings (SSSR count). The number of hydrogen-bond acceptors (Lipinski definition) is 2. The summed E-state index contributed by atoms with van der Waals surface area (Å²) in [7, 11) is 0. The lowest BCUT2D eigenvalue weighted by Gasteiger charge is -2.32. The minimum Gasteiger partial charge on any atom is -0.256 e. The first-order valence-electron chi connectivity index (χ1n) is 8.56. The molecule has 26 heavy (non-hydrogen) atoms. The van der Waals surface area contributed by atoms with Crippen molar-refractivity contribution < 1.29 is 0 Å². The second-order valence-corrected chi connectivity index (χ2v) is 6.07. The molecule has 1 unspecified atom stereocenters. The summed E-state index contributed by atoms with van der Waals surface area (Å²) in [5.74, 6) is 0. The highest BCUT2D eigenvalue weighted by Crippen LogP contribution is 2.54. The Kier molecular flexibility index (Phi) is 4.94. The molecule has 2 aromatic rings. The van der Waals surface area contributed by atoms with Crippen molar-refractivity contribution in [3.63, 3.8) is 0 Å². The first kappa shape index (κ1) is 17.6. The van der Waals surface area contributed by atoms with E-state index in [9.17, 15) is 0 Å². The van der Waals surface area contributed by atoms with E-state index in [4.69, 9.17) is 0 Å². The van der Waals surface area contributed by atoms with E-state index in [1.54, 1.807) is 18.5 Å². The molecule has 2 nitrogen and oxygen atoms in total. The molecule has 1 aromatic carbocycles. The molecule has 0 saturated heterocycles. The van der Waals surface area contributed by atoms with Gasteiger partial charge in [-0.15, -0.1) is 0 Å². The second kappa shape index (κ2) is 7.32. The fraction of sp³-hybridized carbons (Fsp3) is 0.0833. The Morgan fingerprint density at radius 2 is 1.69 bits per heavy atom. The monoisotopic (exact) mass is 338 g/mol. The van der Waals surface area contributed by atoms with Gasteiger partial charge in [-0.25, -0.2) is 0 Å². The number of rotatable bonds is 6. The molecular weight excluding hydrogens is 316 g/mol. The normalized spacial score (nSPS) is 18.3. The van der Waals surface area contributed by atoms with Crippen molar-refractivity contribution in [3.05, 3.63) is 121 Å². The van der Waals surface area contributed by atoms with Gasteiger partial charge in [-0.2, -0.15) is 0 Å². The van der Waals surface area contributed by atoms with Crippen LogP contribution in [0, 0.1) is 0 Å². The lowest BCUT2D eigenvalue weighted by atomic mass is 9.69. The summed E-state index contributed by atoms with van der Waals surface area (Å²) >= 11 is 0. The molecule has 0 amide bonds. The van der Waals surface area contributed by atoms with Crippen LogP contribution in [-0.4, -0.2) is 9.97 Å². The lowest BCUT2D eigenvalue weighted by molar-refractivity contribution is 0.738. The smallest absolute Gasteiger partial charge is 0.0937 e. The number of aromatic nitrogens is 2. The van der Waals surface area contributed by atoms with Crippen LogP contribution >= 0.6 is 0 Å². The summed E-state index contributed by atoms with van der Waals surface area (Å²) in [6.07, 6.45) is 17.2. The number of hydrogen-bond donors (Lipinski definition) is 0. The van der Waals surface area contributed by atoms with E-state index in [2.05, 4.69) is 41.8 Å². The Labute approximate surface area is 155 Å². The average Bonchev–Trinajstić information content (AvgIpc) is 2.99. The van der Waals surface area contributed by atoms with Gasteiger partial charge in [-0.3, -0.25) is 9.97 Å². The molecule has 1 aromatic heterocycles. The third-order valence-corrected chi connectivity index (χ3v) is 4.67. The second-order valence-electron chi connectivity index (χ2n) is 6.07. The molecule has 0 radical (unpaired) electrons. The molecule has 0 fully saturated rings. The maximum absolute atomic E-state index is 4.68. The zero-order chi connectivity index (χ0) is 18.6. The summed E-state index contributed by atoms with van der Waals surface area (Å²) < 4.78 is 0. The SMILES string of the molecule is C=CC(=C)C1(C(=C)\C=C/C=C\C=C/C)c2ccccc2-c2nccnc21. The van der Waals surface area contributed by atoms with Crippen LogP contribution < -0.4 is 0 Å². The molecule has 0 N–H and O–H groups in total. The van der Waals surface area contributed by atoms with E-state index in [0.717, 1.165) is 33.7 Å². The van der Waals surface area contributed by atoms with E-state index in [-0.39, 0.29) is 0 Å². The molecule has 0 saturated carbocycles. The Balaban J connectivity index is 2.22. The van der Waals surface area contributed by atoms with Gasteiger partial charge in [0.05, 0.1) is 16.8 Å². The van der Waals surface area contributed by atoms with Gasteiger partial charge in [0.2, 0.25) is 0 Å². The predicted octanol–water partition coefficient (Wildman–Crippen LogP) is 5.73. The van der Waals surface area contributed by atoms with Crippen molar-refractivity contribution in [2.45, 2.75) is 12.3 Å². The molecule has 1 atom stereocenters. The predicted molar refractivity (Wildman–Crippen MR) is 110 cm³/mol. The van der Waals surface area contributed by atoms with Crippen LogP contribution in [0.5, 0.6) is 0 Å². The van der Waals surface area contributed by atoms with Crippen molar-refractivity contribution in [2.75, 3.05) is 0 Å². The summed E-state index contributed by atoms with van der Waals surface area (Å²) in [6, 6.07) is 8.22. The van der Waals surface area contributed by atoms with E-state index >= 15 is 0 Å². The van der Waals surface area contributed by atoms with Crippen LogP contribution in [0.4, 0.5) is 0 Å². The van der Waals surface area contributed by atoms with E-state index in [1.807, 2.05) is 55.5 Å². The quantitative estimate of drug-likeness (QED) is 0.629. The van der Waals surface area contributed by atoms with Crippen LogP contribution in [0.3, 0.4) is 0 Å². The van der Waals surface area contributed by atoms with Crippen molar-refractivity contribution in [3.8, 4) is 11.3 Å². The molecule has 0 bridgehead atoms. The fourth-order valence-electron chi connectivity index (χ4n) is 3.50. The van der Waals surface area contributed by atoms with E-state index in [0.29, 0.717) is 0 Å².